The summed E-state index contributed by atoms with van der Waals surface area (Å²) < 4.78 is 0. The van der Waals surface area contributed by atoms with E-state index in [4.69, 9.17) is 0 Å². The second kappa shape index (κ2) is 8.64. The first-order chi connectivity index (χ1) is 15.5. The monoisotopic (exact) mass is 462 g/mol. The molecule has 0 aliphatic heterocycles. The lowest BCUT2D eigenvalue weighted by Gasteiger charge is -2.70. The van der Waals surface area contributed by atoms with Gasteiger partial charge in [-0.3, -0.25) is 4.79 Å². The summed E-state index contributed by atoms with van der Waals surface area (Å²) in [4.78, 5) is 11.2. The van der Waals surface area contributed by atoms with Gasteiger partial charge in [-0.15, -0.1) is 6.58 Å². The number of carboxylic acid groups (broad SMARTS) is 1. The lowest BCUT2D eigenvalue weighted by molar-refractivity contribution is -0.259. The Balaban J connectivity index is 1.73. The van der Waals surface area contributed by atoms with E-state index in [1.807, 2.05) is 6.08 Å². The summed E-state index contributed by atoms with van der Waals surface area (Å²) >= 11 is 0. The maximum Gasteiger partial charge on any atom is 0.303 e. The Kier molecular flexibility index (Phi) is 6.59. The molecule has 4 fully saturated rings. The fourth-order valence-electron chi connectivity index (χ4n) is 10.2. The van der Waals surface area contributed by atoms with Crippen molar-refractivity contribution in [1.82, 2.24) is 0 Å². The molecular formula is C28H46O5. The number of fused-ring (bicyclic) bond motifs is 5. The van der Waals surface area contributed by atoms with Crippen LogP contribution in [0.1, 0.15) is 85.5 Å². The summed E-state index contributed by atoms with van der Waals surface area (Å²) in [5, 5.41) is 43.6. The Bertz CT molecular complexity index is 767. The van der Waals surface area contributed by atoms with Crippen LogP contribution in [0, 0.1) is 51.8 Å². The number of aliphatic carboxylic acids is 1. The van der Waals surface area contributed by atoms with Crippen molar-refractivity contribution in [1.29, 1.82) is 0 Å². The molecule has 0 aromatic rings. The van der Waals surface area contributed by atoms with Crippen molar-refractivity contribution in [3.63, 3.8) is 0 Å². The fourth-order valence-corrected chi connectivity index (χ4v) is 10.2. The highest BCUT2D eigenvalue weighted by Gasteiger charge is 2.71. The molecular weight excluding hydrogens is 416 g/mol. The number of aliphatic hydroxyl groups excluding tert-OH is 3. The van der Waals surface area contributed by atoms with Gasteiger partial charge in [0.25, 0.3) is 0 Å². The molecule has 0 aromatic carbocycles. The Hall–Kier alpha value is -0.910. The molecule has 5 heteroatoms. The van der Waals surface area contributed by atoms with E-state index in [-0.39, 0.29) is 52.4 Å². The molecule has 0 spiro atoms. The smallest absolute Gasteiger partial charge is 0.303 e. The maximum absolute atomic E-state index is 12.0. The largest absolute Gasteiger partial charge is 0.481 e. The van der Waals surface area contributed by atoms with Crippen molar-refractivity contribution in [2.45, 2.75) is 104 Å². The average molecular weight is 463 g/mol. The number of allylic oxidation sites excluding steroid dienone is 1. The lowest BCUT2D eigenvalue weighted by Crippen LogP contribution is -2.69. The van der Waals surface area contributed by atoms with Crippen molar-refractivity contribution in [3.05, 3.63) is 12.7 Å². The molecule has 188 valence electrons. The molecule has 0 bridgehead atoms. The van der Waals surface area contributed by atoms with Gasteiger partial charge in [0.05, 0.1) is 18.3 Å². The number of carboxylic acids is 1. The van der Waals surface area contributed by atoms with Gasteiger partial charge in [-0.2, -0.15) is 0 Å². The molecule has 0 amide bonds. The van der Waals surface area contributed by atoms with Gasteiger partial charge in [0.15, 0.2) is 0 Å². The first kappa shape index (κ1) is 25.2. The van der Waals surface area contributed by atoms with Crippen molar-refractivity contribution in [3.8, 4) is 0 Å². The SMILES string of the molecule is C=C[C@@]12C[C@H](O)CC[C@]1(C)C1C(C3CC[C@H]([C@H](C)CCC(=O)O)[C@@]3(C)C[C@@H]1O)[C@H](O)[C@@H]2CC. The van der Waals surface area contributed by atoms with E-state index >= 15 is 0 Å². The van der Waals surface area contributed by atoms with Crippen LogP contribution >= 0.6 is 0 Å². The van der Waals surface area contributed by atoms with E-state index in [9.17, 15) is 25.2 Å². The summed E-state index contributed by atoms with van der Waals surface area (Å²) in [6, 6.07) is 0. The second-order valence-corrected chi connectivity index (χ2v) is 12.6. The normalized spacial score (nSPS) is 52.3. The number of aliphatic hydroxyl groups is 3. The van der Waals surface area contributed by atoms with Crippen LogP contribution in [0.5, 0.6) is 0 Å². The minimum absolute atomic E-state index is 0.00745. The summed E-state index contributed by atoms with van der Waals surface area (Å²) in [5.74, 6) is 0.299. The Morgan fingerprint density at radius 2 is 1.85 bits per heavy atom. The highest BCUT2D eigenvalue weighted by atomic mass is 16.4. The summed E-state index contributed by atoms with van der Waals surface area (Å²) in [7, 11) is 0. The van der Waals surface area contributed by atoms with E-state index in [0.29, 0.717) is 24.7 Å². The zero-order chi connectivity index (χ0) is 24.3. The second-order valence-electron chi connectivity index (χ2n) is 12.6. The van der Waals surface area contributed by atoms with Crippen LogP contribution < -0.4 is 0 Å². The van der Waals surface area contributed by atoms with Crippen LogP contribution in [-0.4, -0.2) is 44.7 Å². The highest BCUT2D eigenvalue weighted by molar-refractivity contribution is 5.66. The third-order valence-corrected chi connectivity index (χ3v) is 11.6. The molecule has 4 aliphatic carbocycles. The van der Waals surface area contributed by atoms with Crippen LogP contribution in [-0.2, 0) is 4.79 Å². The highest BCUT2D eigenvalue weighted by Crippen LogP contribution is 2.73. The van der Waals surface area contributed by atoms with Crippen LogP contribution in [0.3, 0.4) is 0 Å². The predicted octanol–water partition coefficient (Wildman–Crippen LogP) is 4.64. The molecule has 3 unspecified atom stereocenters. The first-order valence-electron chi connectivity index (χ1n) is 13.4. The van der Waals surface area contributed by atoms with Crippen molar-refractivity contribution in [2.75, 3.05) is 0 Å². The molecule has 0 saturated heterocycles. The summed E-state index contributed by atoms with van der Waals surface area (Å²) in [5.41, 5.74) is -0.662. The maximum atomic E-state index is 12.0. The van der Waals surface area contributed by atoms with Crippen LogP contribution in [0.2, 0.25) is 0 Å². The van der Waals surface area contributed by atoms with Crippen molar-refractivity contribution >= 4 is 5.97 Å². The molecule has 33 heavy (non-hydrogen) atoms. The van der Waals surface area contributed by atoms with E-state index in [1.54, 1.807) is 0 Å². The number of hydrogen-bond donors (Lipinski definition) is 4. The molecule has 4 aliphatic rings. The molecule has 12 atom stereocenters. The topological polar surface area (TPSA) is 98.0 Å². The van der Waals surface area contributed by atoms with Crippen LogP contribution in [0.4, 0.5) is 0 Å². The Morgan fingerprint density at radius 1 is 1.15 bits per heavy atom. The Morgan fingerprint density at radius 3 is 2.45 bits per heavy atom. The third-order valence-electron chi connectivity index (χ3n) is 11.6. The van der Waals surface area contributed by atoms with Gasteiger partial charge in [0, 0.05) is 11.8 Å². The summed E-state index contributed by atoms with van der Waals surface area (Å²) in [6.07, 6.45) is 7.32. The Labute approximate surface area is 199 Å². The van der Waals surface area contributed by atoms with Gasteiger partial charge >= 0.3 is 5.97 Å². The van der Waals surface area contributed by atoms with Gasteiger partial charge in [0.1, 0.15) is 0 Å². The van der Waals surface area contributed by atoms with Crippen molar-refractivity contribution in [2.24, 2.45) is 51.8 Å². The minimum Gasteiger partial charge on any atom is -0.481 e. The number of rotatable bonds is 6. The number of hydrogen-bond acceptors (Lipinski definition) is 4. The van der Waals surface area contributed by atoms with Gasteiger partial charge < -0.3 is 20.4 Å². The third kappa shape index (κ3) is 3.47. The molecule has 0 aromatic heterocycles. The zero-order valence-corrected chi connectivity index (χ0v) is 21.0. The van der Waals surface area contributed by atoms with Gasteiger partial charge in [-0.05, 0) is 97.7 Å². The quantitative estimate of drug-likeness (QED) is 0.431. The average Bonchev–Trinajstić information content (AvgIpc) is 3.09. The standard InChI is InChI=1S/C28H46O5/c1-6-18-25(33)23-20-10-9-19(16(3)8-11-22(31)32)26(20,4)15-21(30)24(23)27(5)13-12-17(29)14-28(18,27)7-2/h7,16-21,23-25,29-30,33H,2,6,8-15H2,1,3-5H3,(H,31,32)/t16-,17-,18+,19-,20?,21+,23?,24?,25-,26-,27-,28+/m1/s1. The van der Waals surface area contributed by atoms with Gasteiger partial charge in [0.2, 0.25) is 0 Å². The zero-order valence-electron chi connectivity index (χ0n) is 21.0. The molecule has 4 saturated carbocycles. The minimum atomic E-state index is -0.744. The number of carbonyl (C=O) groups is 1. The first-order valence-corrected chi connectivity index (χ1v) is 13.4. The predicted molar refractivity (Wildman–Crippen MR) is 128 cm³/mol. The fraction of sp³-hybridized carbons (Fsp3) is 0.893. The molecule has 5 nitrogen and oxygen atoms in total. The molecule has 4 N–H and O–H groups in total. The van der Waals surface area contributed by atoms with E-state index in [0.717, 1.165) is 38.5 Å². The molecule has 4 rings (SSSR count). The van der Waals surface area contributed by atoms with Gasteiger partial charge in [-0.1, -0.05) is 33.8 Å². The van der Waals surface area contributed by atoms with Crippen LogP contribution in [0.15, 0.2) is 12.7 Å². The van der Waals surface area contributed by atoms with E-state index in [1.165, 1.54) is 0 Å². The molecule has 0 radical (unpaired) electrons. The van der Waals surface area contributed by atoms with Crippen molar-refractivity contribution < 1.29 is 25.2 Å². The van der Waals surface area contributed by atoms with E-state index in [2.05, 4.69) is 34.3 Å². The van der Waals surface area contributed by atoms with Gasteiger partial charge in [-0.25, -0.2) is 0 Å². The van der Waals surface area contributed by atoms with Crippen LogP contribution in [0.25, 0.3) is 0 Å². The summed E-state index contributed by atoms with van der Waals surface area (Å²) in [6.45, 7) is 13.2. The van der Waals surface area contributed by atoms with E-state index < -0.39 is 18.2 Å². The lowest BCUT2D eigenvalue weighted by atomic mass is 9.35. The molecule has 0 heterocycles.